The van der Waals surface area contributed by atoms with Crippen LogP contribution in [0.1, 0.15) is 12.2 Å². The molecule has 0 bridgehead atoms. The van der Waals surface area contributed by atoms with Crippen LogP contribution in [0.5, 0.6) is 0 Å². The lowest BCUT2D eigenvalue weighted by Gasteiger charge is -2.07. The molecule has 2 aromatic heterocycles. The Balaban J connectivity index is 2.11. The Morgan fingerprint density at radius 3 is 2.73 bits per heavy atom. The minimum atomic E-state index is -0.929. The topological polar surface area (TPSA) is 72.2 Å². The predicted molar refractivity (Wildman–Crippen MR) is 86.3 cm³/mol. The highest BCUT2D eigenvalue weighted by Gasteiger charge is 2.13. The Labute approximate surface area is 130 Å². The van der Waals surface area contributed by atoms with Gasteiger partial charge in [0.05, 0.1) is 11.8 Å². The van der Waals surface area contributed by atoms with Gasteiger partial charge in [-0.1, -0.05) is 30.3 Å². The molecule has 0 fully saturated rings. The number of aliphatic carboxylic acids is 1. The van der Waals surface area contributed by atoms with Gasteiger partial charge in [0, 0.05) is 11.4 Å². The standard InChI is InChI=1S/C16H14N2O3S/c1-10-17-15-12(16(21)18(10)8-7-14(19)20)9-13(22-15)11-5-3-2-4-6-11/h2-6,9H,7-8H2,1H3,(H,19,20). The van der Waals surface area contributed by atoms with E-state index in [-0.39, 0.29) is 18.5 Å². The molecule has 0 aliphatic rings. The van der Waals surface area contributed by atoms with Gasteiger partial charge in [0.25, 0.3) is 5.56 Å². The summed E-state index contributed by atoms with van der Waals surface area (Å²) >= 11 is 1.47. The van der Waals surface area contributed by atoms with Crippen molar-refractivity contribution in [2.24, 2.45) is 0 Å². The number of carboxylic acids is 1. The molecule has 0 aliphatic carbocycles. The molecule has 3 rings (SSSR count). The molecule has 0 saturated heterocycles. The largest absolute Gasteiger partial charge is 0.481 e. The van der Waals surface area contributed by atoms with Crippen LogP contribution in [0.25, 0.3) is 20.7 Å². The van der Waals surface area contributed by atoms with Gasteiger partial charge in [0.15, 0.2) is 0 Å². The van der Waals surface area contributed by atoms with E-state index in [0.29, 0.717) is 16.0 Å². The quantitative estimate of drug-likeness (QED) is 0.803. The van der Waals surface area contributed by atoms with E-state index in [1.165, 1.54) is 15.9 Å². The monoisotopic (exact) mass is 314 g/mol. The molecule has 22 heavy (non-hydrogen) atoms. The summed E-state index contributed by atoms with van der Waals surface area (Å²) in [7, 11) is 0. The molecular formula is C16H14N2O3S. The van der Waals surface area contributed by atoms with Crippen molar-refractivity contribution in [3.05, 3.63) is 52.6 Å². The molecular weight excluding hydrogens is 300 g/mol. The van der Waals surface area contributed by atoms with E-state index in [1.54, 1.807) is 6.92 Å². The zero-order chi connectivity index (χ0) is 15.7. The fourth-order valence-electron chi connectivity index (χ4n) is 2.33. The number of benzene rings is 1. The average molecular weight is 314 g/mol. The van der Waals surface area contributed by atoms with E-state index in [2.05, 4.69) is 4.98 Å². The minimum absolute atomic E-state index is 0.0936. The van der Waals surface area contributed by atoms with E-state index in [1.807, 2.05) is 36.4 Å². The molecule has 3 aromatic rings. The van der Waals surface area contributed by atoms with Gasteiger partial charge in [-0.15, -0.1) is 11.3 Å². The van der Waals surface area contributed by atoms with Crippen LogP contribution in [0.3, 0.4) is 0 Å². The summed E-state index contributed by atoms with van der Waals surface area (Å²) in [5.41, 5.74) is 0.863. The van der Waals surface area contributed by atoms with Crippen molar-refractivity contribution in [2.75, 3.05) is 0 Å². The van der Waals surface area contributed by atoms with E-state index in [9.17, 15) is 9.59 Å². The Morgan fingerprint density at radius 2 is 2.05 bits per heavy atom. The smallest absolute Gasteiger partial charge is 0.305 e. The highest BCUT2D eigenvalue weighted by Crippen LogP contribution is 2.30. The summed E-state index contributed by atoms with van der Waals surface area (Å²) in [5, 5.41) is 9.33. The summed E-state index contributed by atoms with van der Waals surface area (Å²) < 4.78 is 1.43. The molecule has 0 aliphatic heterocycles. The van der Waals surface area contributed by atoms with Crippen LogP contribution >= 0.6 is 11.3 Å². The maximum absolute atomic E-state index is 12.5. The zero-order valence-electron chi connectivity index (χ0n) is 11.9. The molecule has 112 valence electrons. The zero-order valence-corrected chi connectivity index (χ0v) is 12.8. The SMILES string of the molecule is Cc1nc2sc(-c3ccccc3)cc2c(=O)n1CCC(=O)O. The van der Waals surface area contributed by atoms with Crippen molar-refractivity contribution in [2.45, 2.75) is 19.9 Å². The van der Waals surface area contributed by atoms with Gasteiger partial charge in [-0.25, -0.2) is 4.98 Å². The van der Waals surface area contributed by atoms with Crippen LogP contribution in [-0.4, -0.2) is 20.6 Å². The third-order valence-corrected chi connectivity index (χ3v) is 4.53. The molecule has 0 atom stereocenters. The lowest BCUT2D eigenvalue weighted by Crippen LogP contribution is -2.24. The first kappa shape index (κ1) is 14.5. The molecule has 0 spiro atoms. The maximum atomic E-state index is 12.5. The number of nitrogens with zero attached hydrogens (tertiary/aromatic N) is 2. The third-order valence-electron chi connectivity index (χ3n) is 3.45. The summed E-state index contributed by atoms with van der Waals surface area (Å²) in [5.74, 6) is -0.387. The first-order chi connectivity index (χ1) is 10.6. The van der Waals surface area contributed by atoms with Gasteiger partial charge in [-0.3, -0.25) is 14.2 Å². The minimum Gasteiger partial charge on any atom is -0.481 e. The lowest BCUT2D eigenvalue weighted by molar-refractivity contribution is -0.137. The molecule has 1 N–H and O–H groups in total. The van der Waals surface area contributed by atoms with Gasteiger partial charge in [0.2, 0.25) is 0 Å². The number of hydrogen-bond acceptors (Lipinski definition) is 4. The van der Waals surface area contributed by atoms with Gasteiger partial charge in [-0.2, -0.15) is 0 Å². The van der Waals surface area contributed by atoms with E-state index >= 15 is 0 Å². The molecule has 0 saturated carbocycles. The van der Waals surface area contributed by atoms with Gasteiger partial charge in [-0.05, 0) is 18.6 Å². The van der Waals surface area contributed by atoms with Gasteiger partial charge >= 0.3 is 5.97 Å². The van der Waals surface area contributed by atoms with E-state index < -0.39 is 5.97 Å². The first-order valence-corrected chi connectivity index (χ1v) is 7.66. The summed E-state index contributed by atoms with van der Waals surface area (Å²) in [6, 6.07) is 11.6. The number of rotatable bonds is 4. The second-order valence-electron chi connectivity index (χ2n) is 4.96. The van der Waals surface area contributed by atoms with Crippen molar-refractivity contribution >= 4 is 27.5 Å². The molecule has 0 amide bonds. The van der Waals surface area contributed by atoms with Crippen molar-refractivity contribution in [3.63, 3.8) is 0 Å². The Hall–Kier alpha value is -2.47. The van der Waals surface area contributed by atoms with Gasteiger partial charge in [0.1, 0.15) is 10.7 Å². The number of thiophene rings is 1. The number of carbonyl (C=O) groups is 1. The summed E-state index contributed by atoms with van der Waals surface area (Å²) in [4.78, 5) is 29.4. The van der Waals surface area contributed by atoms with Crippen LogP contribution in [-0.2, 0) is 11.3 Å². The van der Waals surface area contributed by atoms with Crippen LogP contribution in [0.15, 0.2) is 41.2 Å². The molecule has 5 nitrogen and oxygen atoms in total. The molecule has 0 radical (unpaired) electrons. The number of aryl methyl sites for hydroxylation is 1. The summed E-state index contributed by atoms with van der Waals surface area (Å²) in [6.45, 7) is 1.87. The number of hydrogen-bond donors (Lipinski definition) is 1. The second kappa shape index (κ2) is 5.73. The van der Waals surface area contributed by atoms with Gasteiger partial charge < -0.3 is 5.11 Å². The van der Waals surface area contributed by atoms with Crippen LogP contribution < -0.4 is 5.56 Å². The lowest BCUT2D eigenvalue weighted by atomic mass is 10.2. The molecule has 1 aromatic carbocycles. The molecule has 2 heterocycles. The Morgan fingerprint density at radius 1 is 1.32 bits per heavy atom. The van der Waals surface area contributed by atoms with E-state index in [4.69, 9.17) is 5.11 Å². The average Bonchev–Trinajstić information content (AvgIpc) is 2.92. The Kier molecular flexibility index (Phi) is 3.77. The number of aromatic nitrogens is 2. The highest BCUT2D eigenvalue weighted by molar-refractivity contribution is 7.21. The van der Waals surface area contributed by atoms with Crippen molar-refractivity contribution in [3.8, 4) is 10.4 Å². The van der Waals surface area contributed by atoms with Crippen molar-refractivity contribution in [1.29, 1.82) is 0 Å². The number of carboxylic acid groups (broad SMARTS) is 1. The maximum Gasteiger partial charge on any atom is 0.305 e. The normalized spacial score (nSPS) is 11.0. The fourth-order valence-corrected chi connectivity index (χ4v) is 3.41. The Bertz CT molecular complexity index is 897. The van der Waals surface area contributed by atoms with E-state index in [0.717, 1.165) is 10.4 Å². The second-order valence-corrected chi connectivity index (χ2v) is 5.99. The van der Waals surface area contributed by atoms with Crippen LogP contribution in [0, 0.1) is 6.92 Å². The van der Waals surface area contributed by atoms with Crippen molar-refractivity contribution < 1.29 is 9.90 Å². The highest BCUT2D eigenvalue weighted by atomic mass is 32.1. The van der Waals surface area contributed by atoms with Crippen molar-refractivity contribution in [1.82, 2.24) is 9.55 Å². The summed E-state index contributed by atoms with van der Waals surface area (Å²) in [6.07, 6.45) is -0.0936. The third kappa shape index (κ3) is 2.65. The first-order valence-electron chi connectivity index (χ1n) is 6.84. The number of fused-ring (bicyclic) bond motifs is 1. The fraction of sp³-hybridized carbons (Fsp3) is 0.188. The molecule has 0 unspecified atom stereocenters. The van der Waals surface area contributed by atoms with Crippen LogP contribution in [0.4, 0.5) is 0 Å². The predicted octanol–water partition coefficient (Wildman–Crippen LogP) is 2.91. The molecule has 6 heteroatoms. The van der Waals surface area contributed by atoms with Crippen LogP contribution in [0.2, 0.25) is 0 Å².